The number of amides is 1. The Morgan fingerprint density at radius 2 is 2.05 bits per heavy atom. The van der Waals surface area contributed by atoms with E-state index < -0.39 is 17.3 Å². The highest BCUT2D eigenvalue weighted by Crippen LogP contribution is 2.33. The molecule has 104 valence electrons. The molecule has 19 heavy (non-hydrogen) atoms. The van der Waals surface area contributed by atoms with E-state index in [-0.39, 0.29) is 6.42 Å². The molecule has 0 radical (unpaired) electrons. The van der Waals surface area contributed by atoms with Crippen LogP contribution in [0.15, 0.2) is 12.3 Å². The molecule has 3 N–H and O–H groups in total. The van der Waals surface area contributed by atoms with Gasteiger partial charge in [0.05, 0.1) is 19.9 Å². The van der Waals surface area contributed by atoms with Gasteiger partial charge in [-0.15, -0.1) is 0 Å². The lowest BCUT2D eigenvalue weighted by atomic mass is 9.84. The van der Waals surface area contributed by atoms with Crippen molar-refractivity contribution in [3.8, 4) is 11.5 Å². The fourth-order valence-corrected chi connectivity index (χ4v) is 1.58. The zero-order chi connectivity index (χ0) is 14.6. The van der Waals surface area contributed by atoms with Crippen LogP contribution >= 0.6 is 0 Å². The van der Waals surface area contributed by atoms with Gasteiger partial charge in [0.2, 0.25) is 5.91 Å². The van der Waals surface area contributed by atoms with Crippen molar-refractivity contribution in [2.75, 3.05) is 14.2 Å². The second-order valence-electron chi connectivity index (χ2n) is 4.17. The molecule has 0 fully saturated rings. The first kappa shape index (κ1) is 14.7. The summed E-state index contributed by atoms with van der Waals surface area (Å²) in [5.41, 5.74) is 3.70. The van der Waals surface area contributed by atoms with Gasteiger partial charge in [-0.2, -0.15) is 0 Å². The van der Waals surface area contributed by atoms with Crippen molar-refractivity contribution in [3.63, 3.8) is 0 Å². The van der Waals surface area contributed by atoms with Gasteiger partial charge in [0.1, 0.15) is 5.41 Å². The van der Waals surface area contributed by atoms with E-state index in [1.807, 2.05) is 0 Å². The number of rotatable bonds is 6. The monoisotopic (exact) mass is 268 g/mol. The molecule has 1 unspecified atom stereocenters. The van der Waals surface area contributed by atoms with Gasteiger partial charge in [-0.1, -0.05) is 0 Å². The first-order valence-electron chi connectivity index (χ1n) is 5.46. The predicted octanol–water partition coefficient (Wildman–Crippen LogP) is 0.218. The number of carbonyl (C=O) groups is 2. The first-order chi connectivity index (χ1) is 8.86. The van der Waals surface area contributed by atoms with Crippen molar-refractivity contribution in [1.29, 1.82) is 0 Å². The van der Waals surface area contributed by atoms with Crippen molar-refractivity contribution < 1.29 is 24.2 Å². The molecule has 7 nitrogen and oxygen atoms in total. The van der Waals surface area contributed by atoms with Crippen LogP contribution in [0.5, 0.6) is 11.5 Å². The highest BCUT2D eigenvalue weighted by Gasteiger charge is 2.41. The van der Waals surface area contributed by atoms with E-state index >= 15 is 0 Å². The smallest absolute Gasteiger partial charge is 0.319 e. The molecule has 0 aliphatic rings. The molecular formula is C12H16N2O5. The summed E-state index contributed by atoms with van der Waals surface area (Å²) in [4.78, 5) is 26.6. The zero-order valence-electron chi connectivity index (χ0n) is 11.0. The second-order valence-corrected chi connectivity index (χ2v) is 4.17. The van der Waals surface area contributed by atoms with E-state index in [0.29, 0.717) is 17.2 Å². The minimum Gasteiger partial charge on any atom is -0.493 e. The summed E-state index contributed by atoms with van der Waals surface area (Å²) >= 11 is 0. The first-order valence-corrected chi connectivity index (χ1v) is 5.46. The molecule has 1 aromatic heterocycles. The Balaban J connectivity index is 3.25. The largest absolute Gasteiger partial charge is 0.493 e. The quantitative estimate of drug-likeness (QED) is 0.714. The number of primary amides is 1. The summed E-state index contributed by atoms with van der Waals surface area (Å²) in [6, 6.07) is 1.57. The van der Waals surface area contributed by atoms with E-state index in [1.54, 1.807) is 6.07 Å². The number of pyridine rings is 1. The number of carbonyl (C=O) groups excluding carboxylic acids is 1. The highest BCUT2D eigenvalue weighted by molar-refractivity contribution is 6.00. The number of methoxy groups -OCH3 is 2. The number of aromatic nitrogens is 1. The van der Waals surface area contributed by atoms with E-state index in [0.717, 1.165) is 0 Å². The SMILES string of the molecule is COc1ccnc(CC(C)(C(N)=O)C(=O)O)c1OC. The van der Waals surface area contributed by atoms with Gasteiger partial charge < -0.3 is 20.3 Å². The molecular weight excluding hydrogens is 252 g/mol. The van der Waals surface area contributed by atoms with Crippen LogP contribution < -0.4 is 15.2 Å². The maximum atomic E-state index is 11.4. The lowest BCUT2D eigenvalue weighted by molar-refractivity contribution is -0.153. The van der Waals surface area contributed by atoms with Crippen LogP contribution in [0.2, 0.25) is 0 Å². The lowest BCUT2D eigenvalue weighted by Gasteiger charge is -2.21. The summed E-state index contributed by atoms with van der Waals surface area (Å²) in [5, 5.41) is 9.15. The van der Waals surface area contributed by atoms with Crippen molar-refractivity contribution in [2.24, 2.45) is 11.1 Å². The van der Waals surface area contributed by atoms with Crippen molar-refractivity contribution in [1.82, 2.24) is 4.98 Å². The Hall–Kier alpha value is -2.31. The van der Waals surface area contributed by atoms with Crippen molar-refractivity contribution in [3.05, 3.63) is 18.0 Å². The number of carboxylic acids is 1. The van der Waals surface area contributed by atoms with Crippen LogP contribution in [0.4, 0.5) is 0 Å². The van der Waals surface area contributed by atoms with Gasteiger partial charge in [0.25, 0.3) is 0 Å². The number of nitrogens with zero attached hydrogens (tertiary/aromatic N) is 1. The van der Waals surface area contributed by atoms with Gasteiger partial charge in [-0.25, -0.2) is 0 Å². The topological polar surface area (TPSA) is 112 Å². The summed E-state index contributed by atoms with van der Waals surface area (Å²) < 4.78 is 10.2. The molecule has 0 saturated carbocycles. The summed E-state index contributed by atoms with van der Waals surface area (Å²) in [5.74, 6) is -1.55. The summed E-state index contributed by atoms with van der Waals surface area (Å²) in [6.45, 7) is 1.25. The standard InChI is InChI=1S/C12H16N2O5/c1-12(10(13)15,11(16)17)6-7-9(19-3)8(18-2)4-5-14-7/h4-5H,6H2,1-3H3,(H2,13,15)(H,16,17). The Morgan fingerprint density at radius 1 is 1.42 bits per heavy atom. The molecule has 1 rings (SSSR count). The molecule has 7 heteroatoms. The Morgan fingerprint density at radius 3 is 2.47 bits per heavy atom. The minimum absolute atomic E-state index is 0.183. The second kappa shape index (κ2) is 5.55. The van der Waals surface area contributed by atoms with Crippen LogP contribution in [0.25, 0.3) is 0 Å². The normalized spacial score (nSPS) is 13.4. The highest BCUT2D eigenvalue weighted by atomic mass is 16.5. The number of hydrogen-bond acceptors (Lipinski definition) is 5. The minimum atomic E-state index is -1.76. The molecule has 0 aliphatic carbocycles. The van der Waals surface area contributed by atoms with Gasteiger partial charge in [-0.05, 0) is 6.92 Å². The molecule has 0 saturated heterocycles. The van der Waals surface area contributed by atoms with E-state index in [9.17, 15) is 9.59 Å². The molecule has 0 aliphatic heterocycles. The Kier molecular flexibility index (Phi) is 4.31. The number of nitrogens with two attached hydrogens (primary N) is 1. The van der Waals surface area contributed by atoms with Crippen LogP contribution in [-0.4, -0.2) is 36.2 Å². The van der Waals surface area contributed by atoms with E-state index in [2.05, 4.69) is 4.98 Å². The predicted molar refractivity (Wildman–Crippen MR) is 66.0 cm³/mol. The Bertz CT molecular complexity index is 487. The number of hydrogen-bond donors (Lipinski definition) is 2. The molecule has 0 spiro atoms. The van der Waals surface area contributed by atoms with Crippen LogP contribution in [0.1, 0.15) is 12.6 Å². The van der Waals surface area contributed by atoms with Gasteiger partial charge in [0, 0.05) is 18.7 Å². The summed E-state index contributed by atoms with van der Waals surface area (Å²) in [6.07, 6.45) is 1.26. The van der Waals surface area contributed by atoms with Gasteiger partial charge >= 0.3 is 5.97 Å². The number of aliphatic carboxylic acids is 1. The maximum absolute atomic E-state index is 11.4. The Labute approximate surface area is 110 Å². The van der Waals surface area contributed by atoms with E-state index in [4.69, 9.17) is 20.3 Å². The molecule has 1 atom stereocenters. The average molecular weight is 268 g/mol. The summed E-state index contributed by atoms with van der Waals surface area (Å²) in [7, 11) is 2.86. The fraction of sp³-hybridized carbons (Fsp3) is 0.417. The van der Waals surface area contributed by atoms with Crippen LogP contribution in [-0.2, 0) is 16.0 Å². The molecule has 0 aromatic carbocycles. The fourth-order valence-electron chi connectivity index (χ4n) is 1.58. The van der Waals surface area contributed by atoms with Gasteiger partial charge in [-0.3, -0.25) is 14.6 Å². The third-order valence-electron chi connectivity index (χ3n) is 2.90. The van der Waals surface area contributed by atoms with Crippen molar-refractivity contribution in [2.45, 2.75) is 13.3 Å². The molecule has 0 bridgehead atoms. The third kappa shape index (κ3) is 2.75. The van der Waals surface area contributed by atoms with Crippen molar-refractivity contribution >= 4 is 11.9 Å². The number of carboxylic acid groups (broad SMARTS) is 1. The van der Waals surface area contributed by atoms with E-state index in [1.165, 1.54) is 27.3 Å². The van der Waals surface area contributed by atoms with Crippen LogP contribution in [0.3, 0.4) is 0 Å². The number of ether oxygens (including phenoxy) is 2. The lowest BCUT2D eigenvalue weighted by Crippen LogP contribution is -2.43. The van der Waals surface area contributed by atoms with Gasteiger partial charge in [0.15, 0.2) is 11.5 Å². The molecule has 1 amide bonds. The maximum Gasteiger partial charge on any atom is 0.319 e. The molecule has 1 aromatic rings. The van der Waals surface area contributed by atoms with Crippen LogP contribution in [0, 0.1) is 5.41 Å². The molecule has 1 heterocycles. The third-order valence-corrected chi connectivity index (χ3v) is 2.90. The zero-order valence-corrected chi connectivity index (χ0v) is 11.0. The average Bonchev–Trinajstić information content (AvgIpc) is 2.37.